The number of nitrogens with one attached hydrogen (secondary N) is 1. The number of amides is 1. The molecule has 0 heterocycles. The summed E-state index contributed by atoms with van der Waals surface area (Å²) >= 11 is 0. The molecule has 0 fully saturated rings. The van der Waals surface area contributed by atoms with Crippen molar-refractivity contribution in [3.63, 3.8) is 0 Å². The fourth-order valence-electron chi connectivity index (χ4n) is 1.10. The van der Waals surface area contributed by atoms with E-state index in [1.54, 1.807) is 13.8 Å². The minimum Gasteiger partial charge on any atom is -0.481 e. The summed E-state index contributed by atoms with van der Waals surface area (Å²) in [5, 5.41) is 11.6. The smallest absolute Gasteiger partial charge is 0.311 e. The van der Waals surface area contributed by atoms with Gasteiger partial charge in [-0.25, -0.2) is 0 Å². The summed E-state index contributed by atoms with van der Waals surface area (Å²) in [5.41, 5.74) is 4.73. The normalized spacial score (nSPS) is 16.2. The fourth-order valence-corrected chi connectivity index (χ4v) is 1.10. The molecule has 1 amide bonds. The van der Waals surface area contributed by atoms with Crippen LogP contribution in [-0.2, 0) is 9.59 Å². The van der Waals surface area contributed by atoms with E-state index >= 15 is 0 Å². The van der Waals surface area contributed by atoms with E-state index in [0.717, 1.165) is 6.42 Å². The average molecular weight is 230 g/mol. The van der Waals surface area contributed by atoms with Crippen LogP contribution < -0.4 is 11.1 Å². The molecule has 0 aliphatic carbocycles. The molecule has 0 bridgehead atoms. The van der Waals surface area contributed by atoms with Crippen LogP contribution in [0, 0.1) is 5.41 Å². The number of carbonyl (C=O) groups is 2. The predicted octanol–water partition coefficient (Wildman–Crippen LogP) is 0.731. The molecule has 2 atom stereocenters. The maximum absolute atomic E-state index is 11.4. The summed E-state index contributed by atoms with van der Waals surface area (Å²) in [5.74, 6) is -1.08. The highest BCUT2D eigenvalue weighted by Gasteiger charge is 2.31. The molecule has 0 radical (unpaired) electrons. The number of hydrogen-bond donors (Lipinski definition) is 3. The van der Waals surface area contributed by atoms with Crippen molar-refractivity contribution in [2.24, 2.45) is 11.1 Å². The molecule has 0 saturated carbocycles. The highest BCUT2D eigenvalue weighted by atomic mass is 16.4. The summed E-state index contributed by atoms with van der Waals surface area (Å²) < 4.78 is 0. The maximum Gasteiger partial charge on any atom is 0.311 e. The zero-order chi connectivity index (χ0) is 12.8. The Morgan fingerprint density at radius 2 is 2.00 bits per heavy atom. The Kier molecular flexibility index (Phi) is 6.03. The van der Waals surface area contributed by atoms with Gasteiger partial charge in [0, 0.05) is 19.0 Å². The van der Waals surface area contributed by atoms with Gasteiger partial charge in [0.25, 0.3) is 0 Å². The van der Waals surface area contributed by atoms with E-state index in [0.29, 0.717) is 6.42 Å². The van der Waals surface area contributed by atoms with Gasteiger partial charge in [0.15, 0.2) is 0 Å². The van der Waals surface area contributed by atoms with E-state index in [4.69, 9.17) is 10.8 Å². The van der Waals surface area contributed by atoms with Gasteiger partial charge in [-0.3, -0.25) is 9.59 Å². The first-order valence-corrected chi connectivity index (χ1v) is 5.61. The van der Waals surface area contributed by atoms with Crippen LogP contribution in [0.2, 0.25) is 0 Å². The molecule has 5 heteroatoms. The van der Waals surface area contributed by atoms with Gasteiger partial charge in [0.05, 0.1) is 5.41 Å². The lowest BCUT2D eigenvalue weighted by molar-refractivity contribution is -0.148. The third kappa shape index (κ3) is 4.61. The molecule has 0 saturated heterocycles. The molecule has 0 aromatic heterocycles. The molecule has 0 rings (SSSR count). The van der Waals surface area contributed by atoms with Crippen LogP contribution in [0.3, 0.4) is 0 Å². The Morgan fingerprint density at radius 1 is 1.44 bits per heavy atom. The van der Waals surface area contributed by atoms with Gasteiger partial charge in [-0.2, -0.15) is 0 Å². The average Bonchev–Trinajstić information content (AvgIpc) is 2.25. The molecule has 2 unspecified atom stereocenters. The highest BCUT2D eigenvalue weighted by molar-refractivity contribution is 5.79. The van der Waals surface area contributed by atoms with Crippen molar-refractivity contribution in [1.82, 2.24) is 5.32 Å². The second kappa shape index (κ2) is 6.48. The summed E-state index contributed by atoms with van der Waals surface area (Å²) in [6.07, 6.45) is 1.45. The standard InChI is InChI=1S/C11H22N2O3/c1-4-8(12)6-9(14)13-7-11(3,5-2)10(15)16/h8H,4-7,12H2,1-3H3,(H,13,14)(H,15,16). The number of hydrogen-bond acceptors (Lipinski definition) is 3. The Balaban J connectivity index is 4.13. The monoisotopic (exact) mass is 230 g/mol. The topological polar surface area (TPSA) is 92.4 Å². The van der Waals surface area contributed by atoms with Gasteiger partial charge < -0.3 is 16.2 Å². The molecular weight excluding hydrogens is 208 g/mol. The van der Waals surface area contributed by atoms with Gasteiger partial charge >= 0.3 is 5.97 Å². The zero-order valence-electron chi connectivity index (χ0n) is 10.2. The van der Waals surface area contributed by atoms with Crippen LogP contribution in [0.15, 0.2) is 0 Å². The van der Waals surface area contributed by atoms with Crippen LogP contribution in [0.1, 0.15) is 40.0 Å². The van der Waals surface area contributed by atoms with Gasteiger partial charge in [0.2, 0.25) is 5.91 Å². The van der Waals surface area contributed by atoms with Crippen molar-refractivity contribution in [1.29, 1.82) is 0 Å². The molecule has 0 spiro atoms. The minimum absolute atomic E-state index is 0.147. The van der Waals surface area contributed by atoms with Crippen LogP contribution in [0.4, 0.5) is 0 Å². The van der Waals surface area contributed by atoms with E-state index < -0.39 is 11.4 Å². The third-order valence-electron chi connectivity index (χ3n) is 2.94. The third-order valence-corrected chi connectivity index (χ3v) is 2.94. The Labute approximate surface area is 96.4 Å². The van der Waals surface area contributed by atoms with Crippen molar-refractivity contribution in [3.05, 3.63) is 0 Å². The maximum atomic E-state index is 11.4. The number of carboxylic acids is 1. The van der Waals surface area contributed by atoms with Crippen LogP contribution >= 0.6 is 0 Å². The second-order valence-electron chi connectivity index (χ2n) is 4.37. The van der Waals surface area contributed by atoms with Gasteiger partial charge in [-0.05, 0) is 19.8 Å². The van der Waals surface area contributed by atoms with E-state index in [1.165, 1.54) is 0 Å². The molecule has 4 N–H and O–H groups in total. The molecule has 94 valence electrons. The van der Waals surface area contributed by atoms with Crippen molar-refractivity contribution in [3.8, 4) is 0 Å². The summed E-state index contributed by atoms with van der Waals surface area (Å²) in [4.78, 5) is 22.4. The van der Waals surface area contributed by atoms with Crippen LogP contribution in [-0.4, -0.2) is 29.6 Å². The van der Waals surface area contributed by atoms with Gasteiger partial charge in [0.1, 0.15) is 0 Å². The Bertz CT molecular complexity index is 256. The number of carboxylic acid groups (broad SMARTS) is 1. The first kappa shape index (κ1) is 14.9. The van der Waals surface area contributed by atoms with Crippen molar-refractivity contribution in [2.45, 2.75) is 46.1 Å². The second-order valence-corrected chi connectivity index (χ2v) is 4.37. The molecule has 5 nitrogen and oxygen atoms in total. The summed E-state index contributed by atoms with van der Waals surface area (Å²) in [6, 6.07) is -0.155. The molecule has 16 heavy (non-hydrogen) atoms. The van der Waals surface area contributed by atoms with Gasteiger partial charge in [-0.15, -0.1) is 0 Å². The Hall–Kier alpha value is -1.10. The van der Waals surface area contributed by atoms with Crippen molar-refractivity contribution < 1.29 is 14.7 Å². The lowest BCUT2D eigenvalue weighted by Gasteiger charge is -2.23. The lowest BCUT2D eigenvalue weighted by atomic mass is 9.87. The quantitative estimate of drug-likeness (QED) is 0.601. The van der Waals surface area contributed by atoms with E-state index in [1.807, 2.05) is 6.92 Å². The zero-order valence-corrected chi connectivity index (χ0v) is 10.2. The van der Waals surface area contributed by atoms with Crippen molar-refractivity contribution >= 4 is 11.9 Å². The van der Waals surface area contributed by atoms with Crippen LogP contribution in [0.25, 0.3) is 0 Å². The van der Waals surface area contributed by atoms with E-state index in [-0.39, 0.29) is 24.9 Å². The largest absolute Gasteiger partial charge is 0.481 e. The first-order valence-electron chi connectivity index (χ1n) is 5.61. The highest BCUT2D eigenvalue weighted by Crippen LogP contribution is 2.19. The van der Waals surface area contributed by atoms with Crippen molar-refractivity contribution in [2.75, 3.05) is 6.54 Å². The molecule has 0 aliphatic rings. The molecule has 0 aromatic carbocycles. The molecule has 0 aliphatic heterocycles. The van der Waals surface area contributed by atoms with E-state index in [2.05, 4.69) is 5.32 Å². The fraction of sp³-hybridized carbons (Fsp3) is 0.818. The number of carbonyl (C=O) groups excluding carboxylic acids is 1. The van der Waals surface area contributed by atoms with Crippen LogP contribution in [0.5, 0.6) is 0 Å². The predicted molar refractivity (Wildman–Crippen MR) is 61.9 cm³/mol. The number of aliphatic carboxylic acids is 1. The number of nitrogens with two attached hydrogens (primary N) is 1. The Morgan fingerprint density at radius 3 is 2.38 bits per heavy atom. The molecule has 0 aromatic rings. The lowest BCUT2D eigenvalue weighted by Crippen LogP contribution is -2.42. The number of rotatable bonds is 7. The molecular formula is C11H22N2O3. The van der Waals surface area contributed by atoms with E-state index in [9.17, 15) is 9.59 Å². The SMILES string of the molecule is CCC(N)CC(=O)NCC(C)(CC)C(=O)O. The minimum atomic E-state index is -0.897. The van der Waals surface area contributed by atoms with Gasteiger partial charge in [-0.1, -0.05) is 13.8 Å². The summed E-state index contributed by atoms with van der Waals surface area (Å²) in [6.45, 7) is 5.47. The summed E-state index contributed by atoms with van der Waals surface area (Å²) in [7, 11) is 0. The first-order chi connectivity index (χ1) is 7.35.